The first-order valence-electron chi connectivity index (χ1n) is 8.92. The average Bonchev–Trinajstić information content (AvgIpc) is 3.37. The highest BCUT2D eigenvalue weighted by molar-refractivity contribution is 6.09. The van der Waals surface area contributed by atoms with Gasteiger partial charge in [-0.05, 0) is 42.2 Å². The van der Waals surface area contributed by atoms with Crippen LogP contribution in [0.5, 0.6) is 5.75 Å². The Morgan fingerprint density at radius 2 is 1.96 bits per heavy atom. The number of benzene rings is 2. The van der Waals surface area contributed by atoms with Crippen LogP contribution in [0, 0.1) is 11.8 Å². The molecule has 1 aliphatic heterocycles. The molecular weight excluding hydrogens is 326 g/mol. The van der Waals surface area contributed by atoms with E-state index in [2.05, 4.69) is 18.2 Å². The standard InChI is InChI=1S/C22H19NO3/c1-25-18-9-5-8-15(13-18)19-16-10-11-17(12-16)22(19)21(24)26-20(23-22)14-6-3-2-4-7-14/h2-11,13,16-17,19H,12H2,1H3/t16?,17?,19-,22+/m0/s1. The predicted octanol–water partition coefficient (Wildman–Crippen LogP) is 3.73. The van der Waals surface area contributed by atoms with E-state index in [9.17, 15) is 4.79 Å². The lowest BCUT2D eigenvalue weighted by atomic mass is 9.73. The van der Waals surface area contributed by atoms with E-state index in [0.717, 1.165) is 23.3 Å². The summed E-state index contributed by atoms with van der Waals surface area (Å²) >= 11 is 0. The van der Waals surface area contributed by atoms with Gasteiger partial charge in [0.2, 0.25) is 5.90 Å². The van der Waals surface area contributed by atoms with Gasteiger partial charge in [0.25, 0.3) is 0 Å². The molecule has 1 spiro atoms. The molecule has 2 aromatic rings. The normalized spacial score (nSPS) is 31.3. The van der Waals surface area contributed by atoms with Gasteiger partial charge in [-0.3, -0.25) is 0 Å². The summed E-state index contributed by atoms with van der Waals surface area (Å²) in [7, 11) is 1.66. The number of allylic oxidation sites excluding steroid dienone is 1. The lowest BCUT2D eigenvalue weighted by molar-refractivity contribution is -0.140. The number of methoxy groups -OCH3 is 1. The first-order chi connectivity index (χ1) is 12.7. The smallest absolute Gasteiger partial charge is 0.342 e. The molecule has 3 aliphatic rings. The van der Waals surface area contributed by atoms with Crippen LogP contribution in [-0.2, 0) is 9.53 Å². The summed E-state index contributed by atoms with van der Waals surface area (Å²) in [6.07, 6.45) is 5.30. The van der Waals surface area contributed by atoms with Crippen molar-refractivity contribution in [3.8, 4) is 5.75 Å². The van der Waals surface area contributed by atoms with E-state index in [1.807, 2.05) is 48.5 Å². The van der Waals surface area contributed by atoms with Gasteiger partial charge in [-0.25, -0.2) is 9.79 Å². The van der Waals surface area contributed by atoms with Crippen LogP contribution in [0.25, 0.3) is 0 Å². The maximum absolute atomic E-state index is 13.1. The molecule has 2 bridgehead atoms. The number of cyclic esters (lactones) is 1. The number of carbonyl (C=O) groups is 1. The van der Waals surface area contributed by atoms with E-state index >= 15 is 0 Å². The summed E-state index contributed by atoms with van der Waals surface area (Å²) in [5, 5.41) is 0. The molecule has 1 fully saturated rings. The number of rotatable bonds is 3. The van der Waals surface area contributed by atoms with Gasteiger partial charge in [-0.1, -0.05) is 42.5 Å². The Balaban J connectivity index is 1.65. The third kappa shape index (κ3) is 2.02. The lowest BCUT2D eigenvalue weighted by Gasteiger charge is -2.32. The Bertz CT molecular complexity index is 933. The fourth-order valence-corrected chi connectivity index (χ4v) is 4.74. The van der Waals surface area contributed by atoms with Crippen molar-refractivity contribution in [2.75, 3.05) is 7.11 Å². The van der Waals surface area contributed by atoms with Crippen molar-refractivity contribution in [3.05, 3.63) is 77.9 Å². The fourth-order valence-electron chi connectivity index (χ4n) is 4.74. The largest absolute Gasteiger partial charge is 0.497 e. The van der Waals surface area contributed by atoms with Crippen LogP contribution in [0.3, 0.4) is 0 Å². The second-order valence-electron chi connectivity index (χ2n) is 7.14. The van der Waals surface area contributed by atoms with Crippen LogP contribution in [0.2, 0.25) is 0 Å². The summed E-state index contributed by atoms with van der Waals surface area (Å²) in [6, 6.07) is 17.6. The minimum atomic E-state index is -0.864. The zero-order valence-electron chi connectivity index (χ0n) is 14.5. The molecule has 4 nitrogen and oxygen atoms in total. The van der Waals surface area contributed by atoms with E-state index in [1.165, 1.54) is 0 Å². The third-order valence-electron chi connectivity index (χ3n) is 5.86. The summed E-state index contributed by atoms with van der Waals surface area (Å²) in [6.45, 7) is 0. The molecule has 2 unspecified atom stereocenters. The van der Waals surface area contributed by atoms with Crippen molar-refractivity contribution in [1.82, 2.24) is 0 Å². The zero-order valence-corrected chi connectivity index (χ0v) is 14.5. The molecule has 4 atom stereocenters. The van der Waals surface area contributed by atoms with Gasteiger partial charge in [-0.2, -0.15) is 0 Å². The maximum atomic E-state index is 13.1. The topological polar surface area (TPSA) is 47.9 Å². The predicted molar refractivity (Wildman–Crippen MR) is 98.3 cm³/mol. The van der Waals surface area contributed by atoms with Crippen LogP contribution in [0.1, 0.15) is 23.5 Å². The van der Waals surface area contributed by atoms with Crippen LogP contribution in [-0.4, -0.2) is 24.5 Å². The molecule has 130 valence electrons. The van der Waals surface area contributed by atoms with E-state index in [0.29, 0.717) is 11.8 Å². The molecule has 0 N–H and O–H groups in total. The molecule has 4 heteroatoms. The van der Waals surface area contributed by atoms with Crippen LogP contribution in [0.4, 0.5) is 0 Å². The van der Waals surface area contributed by atoms with Crippen LogP contribution in [0.15, 0.2) is 71.7 Å². The van der Waals surface area contributed by atoms with Gasteiger partial charge in [0, 0.05) is 17.4 Å². The van der Waals surface area contributed by atoms with E-state index in [1.54, 1.807) is 7.11 Å². The van der Waals surface area contributed by atoms with E-state index in [4.69, 9.17) is 14.5 Å². The van der Waals surface area contributed by atoms with E-state index < -0.39 is 5.54 Å². The Kier molecular flexibility index (Phi) is 3.29. The van der Waals surface area contributed by atoms with Crippen molar-refractivity contribution >= 4 is 11.9 Å². The zero-order chi connectivity index (χ0) is 17.7. The number of ether oxygens (including phenoxy) is 2. The quantitative estimate of drug-likeness (QED) is 0.629. The van der Waals surface area contributed by atoms with Gasteiger partial charge in [-0.15, -0.1) is 0 Å². The molecule has 1 saturated carbocycles. The Morgan fingerprint density at radius 1 is 1.12 bits per heavy atom. The first-order valence-corrected chi connectivity index (χ1v) is 8.92. The van der Waals surface area contributed by atoms with Crippen molar-refractivity contribution in [1.29, 1.82) is 0 Å². The Morgan fingerprint density at radius 3 is 2.77 bits per heavy atom. The fraction of sp³-hybridized carbons (Fsp3) is 0.273. The number of fused-ring (bicyclic) bond motifs is 3. The van der Waals surface area contributed by atoms with Crippen LogP contribution < -0.4 is 4.74 Å². The van der Waals surface area contributed by atoms with Gasteiger partial charge in [0.15, 0.2) is 5.54 Å². The molecule has 0 radical (unpaired) electrons. The lowest BCUT2D eigenvalue weighted by Crippen LogP contribution is -2.44. The summed E-state index contributed by atoms with van der Waals surface area (Å²) in [5.74, 6) is 1.34. The molecule has 26 heavy (non-hydrogen) atoms. The number of hydrogen-bond acceptors (Lipinski definition) is 4. The molecule has 0 aromatic heterocycles. The van der Waals surface area contributed by atoms with Crippen molar-refractivity contribution in [2.24, 2.45) is 16.8 Å². The summed E-state index contributed by atoms with van der Waals surface area (Å²) in [4.78, 5) is 18.0. The summed E-state index contributed by atoms with van der Waals surface area (Å²) < 4.78 is 11.1. The van der Waals surface area contributed by atoms with Gasteiger partial charge in [0.05, 0.1) is 7.11 Å². The van der Waals surface area contributed by atoms with Crippen LogP contribution >= 0.6 is 0 Å². The maximum Gasteiger partial charge on any atom is 0.342 e. The Labute approximate surface area is 152 Å². The number of carbonyl (C=O) groups excluding carboxylic acids is 1. The Hall–Kier alpha value is -2.88. The van der Waals surface area contributed by atoms with Gasteiger partial charge < -0.3 is 9.47 Å². The van der Waals surface area contributed by atoms with Crippen molar-refractivity contribution in [3.63, 3.8) is 0 Å². The number of nitrogens with zero attached hydrogens (tertiary/aromatic N) is 1. The molecule has 0 saturated heterocycles. The van der Waals surface area contributed by atoms with Gasteiger partial charge >= 0.3 is 5.97 Å². The van der Waals surface area contributed by atoms with Crippen molar-refractivity contribution in [2.45, 2.75) is 17.9 Å². The third-order valence-corrected chi connectivity index (χ3v) is 5.86. The number of hydrogen-bond donors (Lipinski definition) is 0. The highest BCUT2D eigenvalue weighted by Crippen LogP contribution is 2.59. The second-order valence-corrected chi connectivity index (χ2v) is 7.14. The average molecular weight is 345 g/mol. The second kappa shape index (κ2) is 5.56. The summed E-state index contributed by atoms with van der Waals surface area (Å²) in [5.41, 5.74) is 1.06. The first kappa shape index (κ1) is 15.4. The molecular formula is C22H19NO3. The molecule has 1 heterocycles. The minimum Gasteiger partial charge on any atom is -0.497 e. The molecule has 5 rings (SSSR count). The van der Waals surface area contributed by atoms with E-state index in [-0.39, 0.29) is 17.8 Å². The van der Waals surface area contributed by atoms with Gasteiger partial charge in [0.1, 0.15) is 5.75 Å². The highest BCUT2D eigenvalue weighted by Gasteiger charge is 2.65. The molecule has 2 aliphatic carbocycles. The van der Waals surface area contributed by atoms with Crippen molar-refractivity contribution < 1.29 is 14.3 Å². The number of aliphatic imine (C=N–C) groups is 1. The molecule has 0 amide bonds. The monoisotopic (exact) mass is 345 g/mol. The number of esters is 1. The SMILES string of the molecule is COc1cccc([C@H]2C3C=CC(C3)[C@@]23N=C(c2ccccc2)OC3=O)c1. The highest BCUT2D eigenvalue weighted by atomic mass is 16.6. The minimum absolute atomic E-state index is 0.0266. The molecule has 2 aromatic carbocycles.